The van der Waals surface area contributed by atoms with E-state index in [0.717, 1.165) is 84.8 Å². The second-order valence-electron chi connectivity index (χ2n) is 26.6. The Morgan fingerprint density at radius 3 is 0.929 bits per heavy atom. The van der Waals surface area contributed by atoms with Crippen LogP contribution in [0.2, 0.25) is 0 Å². The van der Waals surface area contributed by atoms with Crippen molar-refractivity contribution in [3.63, 3.8) is 0 Å². The predicted molar refractivity (Wildman–Crippen MR) is 417 cm³/mol. The van der Waals surface area contributed by atoms with Gasteiger partial charge in [0.15, 0.2) is 0 Å². The molecule has 0 radical (unpaired) electrons. The lowest BCUT2D eigenvalue weighted by Gasteiger charge is -2.44. The van der Waals surface area contributed by atoms with Gasteiger partial charge in [0.1, 0.15) is 0 Å². The molecule has 0 spiro atoms. The molecule has 0 aliphatic heterocycles. The van der Waals surface area contributed by atoms with Gasteiger partial charge in [-0.1, -0.05) is 246 Å². The highest BCUT2D eigenvalue weighted by atomic mass is 15.2. The van der Waals surface area contributed by atoms with Crippen LogP contribution in [0, 0.1) is 41.5 Å². The Hall–Kier alpha value is -12.0. The molecular formula is C94H76N4. The molecule has 14 aromatic carbocycles. The van der Waals surface area contributed by atoms with Gasteiger partial charge in [-0.2, -0.15) is 0 Å². The molecule has 0 fully saturated rings. The first-order chi connectivity index (χ1) is 48.0. The van der Waals surface area contributed by atoms with Gasteiger partial charge in [-0.3, -0.25) is 0 Å². The van der Waals surface area contributed by atoms with Crippen LogP contribution in [0.25, 0.3) is 46.2 Å². The van der Waals surface area contributed by atoms with Gasteiger partial charge in [0, 0.05) is 68.2 Å². The number of aryl methyl sites for hydroxylation is 6. The lowest BCUT2D eigenvalue weighted by atomic mass is 9.66. The standard InChI is InChI=1S/C94H76N4/c1-63-17-41-73(42-18-63)95(74-43-19-64(2)20-44-74)77-53-33-69(34-54-77)29-31-71-37-57-80(58-38-71)97(79-49-25-67(5)26-50-79)90-62-61-88-91-83(13-9-15-87(90)91)84-14-10-16-89-93(84)92(88)85-11-7-8-12-86(85)94(89)98(81-51-27-68(6)28-52-81)82-59-39-72(40-60-82)32-30-70-35-55-78(56-36-70)96(75-45-21-65(3)22-46-75)76-47-23-66(4)24-48-76/h7-62,92,94H,1-6H3/b31-29+,32-30+. The van der Waals surface area contributed by atoms with E-state index in [2.05, 4.69) is 401 Å². The molecule has 98 heavy (non-hydrogen) atoms. The quantitative estimate of drug-likeness (QED) is 0.0894. The lowest BCUT2D eigenvalue weighted by molar-refractivity contribution is 0.744. The van der Waals surface area contributed by atoms with Gasteiger partial charge in [-0.15, -0.1) is 0 Å². The summed E-state index contributed by atoms with van der Waals surface area (Å²) in [5.74, 6) is 0.0187. The summed E-state index contributed by atoms with van der Waals surface area (Å²) in [7, 11) is 0. The van der Waals surface area contributed by atoms with E-state index in [4.69, 9.17) is 0 Å². The van der Waals surface area contributed by atoms with Crippen LogP contribution in [0.1, 0.15) is 95.4 Å². The molecule has 0 bridgehead atoms. The van der Waals surface area contributed by atoms with Crippen molar-refractivity contribution >= 4 is 97.6 Å². The molecule has 0 aromatic heterocycles. The Morgan fingerprint density at radius 2 is 0.541 bits per heavy atom. The molecule has 0 saturated heterocycles. The number of nitrogens with zero attached hydrogens (tertiary/aromatic N) is 4. The Labute approximate surface area is 577 Å². The van der Waals surface area contributed by atoms with Gasteiger partial charge in [0.05, 0.1) is 11.7 Å². The summed E-state index contributed by atoms with van der Waals surface area (Å²) in [6, 6.07) is 117. The van der Waals surface area contributed by atoms with Crippen LogP contribution in [0.5, 0.6) is 0 Å². The molecule has 4 nitrogen and oxygen atoms in total. The van der Waals surface area contributed by atoms with E-state index in [9.17, 15) is 0 Å². The van der Waals surface area contributed by atoms with Crippen molar-refractivity contribution in [1.82, 2.24) is 0 Å². The van der Waals surface area contributed by atoms with E-state index >= 15 is 0 Å². The molecule has 2 aliphatic carbocycles. The first-order valence-electron chi connectivity index (χ1n) is 34.2. The minimum atomic E-state index is -0.112. The number of anilines is 11. The van der Waals surface area contributed by atoms with Crippen molar-refractivity contribution < 1.29 is 0 Å². The number of hydrogen-bond acceptors (Lipinski definition) is 4. The van der Waals surface area contributed by atoms with E-state index in [1.807, 2.05) is 0 Å². The number of fused-ring (bicyclic) bond motifs is 4. The number of hydrogen-bond donors (Lipinski definition) is 0. The second-order valence-corrected chi connectivity index (χ2v) is 26.6. The second kappa shape index (κ2) is 26.0. The van der Waals surface area contributed by atoms with E-state index < -0.39 is 0 Å². The highest BCUT2D eigenvalue weighted by molar-refractivity contribution is 6.10. The van der Waals surface area contributed by atoms with Crippen LogP contribution in [0.4, 0.5) is 62.6 Å². The van der Waals surface area contributed by atoms with Gasteiger partial charge in [-0.05, 0) is 236 Å². The molecule has 16 rings (SSSR count). The summed E-state index contributed by atoms with van der Waals surface area (Å²) >= 11 is 0. The maximum atomic E-state index is 2.58. The predicted octanol–water partition coefficient (Wildman–Crippen LogP) is 25.8. The molecule has 14 aromatic rings. The van der Waals surface area contributed by atoms with Crippen molar-refractivity contribution in [3.05, 3.63) is 399 Å². The lowest BCUT2D eigenvalue weighted by Crippen LogP contribution is -2.32. The van der Waals surface area contributed by atoms with E-state index in [-0.39, 0.29) is 12.0 Å². The highest BCUT2D eigenvalue weighted by Gasteiger charge is 2.41. The highest BCUT2D eigenvalue weighted by Crippen LogP contribution is 2.58. The fourth-order valence-electron chi connectivity index (χ4n) is 14.7. The molecule has 2 aliphatic rings. The van der Waals surface area contributed by atoms with Crippen LogP contribution >= 0.6 is 0 Å². The van der Waals surface area contributed by atoms with E-state index in [0.29, 0.717) is 0 Å². The van der Waals surface area contributed by atoms with Gasteiger partial charge >= 0.3 is 0 Å². The minimum absolute atomic E-state index is 0.0187. The summed E-state index contributed by atoms with van der Waals surface area (Å²) in [4.78, 5) is 9.67. The smallest absolute Gasteiger partial charge is 0.0851 e. The topological polar surface area (TPSA) is 13.0 Å². The van der Waals surface area contributed by atoms with E-state index in [1.54, 1.807) is 0 Å². The zero-order valence-electron chi connectivity index (χ0n) is 56.3. The number of rotatable bonds is 16. The van der Waals surface area contributed by atoms with Gasteiger partial charge in [0.25, 0.3) is 0 Å². The SMILES string of the molecule is Cc1ccc(N(c2ccc(C)cc2)c2ccc(/C=C/c3ccc(N(c4ccc(C)cc4)c4ccc5c6c(cccc46)-c4cccc6c4C5c4ccccc4C6N(c4ccc(C)cc4)c4ccc(/C=C/c5ccc(N(c6ccc(C)cc6)c6ccc(C)cc6)cc5)cc4)cc3)cc2)cc1. The van der Waals surface area contributed by atoms with Crippen molar-refractivity contribution in [2.45, 2.75) is 53.5 Å². The zero-order valence-corrected chi connectivity index (χ0v) is 56.3. The van der Waals surface area contributed by atoms with Crippen molar-refractivity contribution in [1.29, 1.82) is 0 Å². The average Bonchev–Trinajstić information content (AvgIpc) is 0.695. The molecule has 4 heteroatoms. The fraction of sp³-hybridized carbons (Fsp3) is 0.0851. The van der Waals surface area contributed by atoms with Crippen LogP contribution in [0.3, 0.4) is 0 Å². The van der Waals surface area contributed by atoms with Crippen LogP contribution in [-0.4, -0.2) is 0 Å². The Bertz CT molecular complexity index is 5170. The first-order valence-corrected chi connectivity index (χ1v) is 34.2. The summed E-state index contributed by atoms with van der Waals surface area (Å²) in [6.45, 7) is 12.9. The summed E-state index contributed by atoms with van der Waals surface area (Å²) < 4.78 is 0. The van der Waals surface area contributed by atoms with Crippen molar-refractivity contribution in [3.8, 4) is 11.1 Å². The summed E-state index contributed by atoms with van der Waals surface area (Å²) in [5.41, 5.74) is 33.6. The molecule has 2 unspecified atom stereocenters. The first kappa shape index (κ1) is 60.9. The zero-order chi connectivity index (χ0) is 66.4. The van der Waals surface area contributed by atoms with Crippen LogP contribution in [0.15, 0.2) is 315 Å². The normalized spacial score (nSPS) is 13.5. The third-order valence-corrected chi connectivity index (χ3v) is 19.8. The maximum Gasteiger partial charge on any atom is 0.0851 e. The molecule has 0 saturated carbocycles. The molecule has 0 N–H and O–H groups in total. The van der Waals surface area contributed by atoms with Crippen molar-refractivity contribution in [2.75, 3.05) is 19.6 Å². The van der Waals surface area contributed by atoms with E-state index in [1.165, 1.54) is 83.1 Å². The molecule has 2 atom stereocenters. The number of benzene rings is 14. The average molecular weight is 1260 g/mol. The Kier molecular flexibility index (Phi) is 16.1. The largest absolute Gasteiger partial charge is 0.330 e. The Balaban J connectivity index is 0.718. The molecule has 472 valence electrons. The van der Waals surface area contributed by atoms with Crippen molar-refractivity contribution in [2.24, 2.45) is 0 Å². The fourth-order valence-corrected chi connectivity index (χ4v) is 14.7. The molecule has 0 heterocycles. The maximum absolute atomic E-state index is 2.58. The molecular weight excluding hydrogens is 1190 g/mol. The van der Waals surface area contributed by atoms with Gasteiger partial charge in [0.2, 0.25) is 0 Å². The van der Waals surface area contributed by atoms with Crippen LogP contribution in [-0.2, 0) is 0 Å². The van der Waals surface area contributed by atoms with Gasteiger partial charge < -0.3 is 19.6 Å². The third kappa shape index (κ3) is 11.7. The van der Waals surface area contributed by atoms with Crippen LogP contribution < -0.4 is 19.6 Å². The monoisotopic (exact) mass is 1260 g/mol. The minimum Gasteiger partial charge on any atom is -0.330 e. The third-order valence-electron chi connectivity index (χ3n) is 19.8. The Morgan fingerprint density at radius 1 is 0.235 bits per heavy atom. The van der Waals surface area contributed by atoms with Gasteiger partial charge in [-0.25, -0.2) is 0 Å². The summed E-state index contributed by atoms with van der Waals surface area (Å²) in [5, 5.41) is 2.53. The molecule has 0 amide bonds. The summed E-state index contributed by atoms with van der Waals surface area (Å²) in [6.07, 6.45) is 8.88.